The summed E-state index contributed by atoms with van der Waals surface area (Å²) in [6, 6.07) is -0.995. The van der Waals surface area contributed by atoms with E-state index in [4.69, 9.17) is 5.11 Å². The highest BCUT2D eigenvalue weighted by atomic mass is 16.4. The van der Waals surface area contributed by atoms with E-state index in [-0.39, 0.29) is 5.92 Å². The molecule has 0 aliphatic heterocycles. The SMILES string of the molecule is CC(C)[C@@H](C(=O)O)n1c(=O)c1=O. The molecule has 0 aromatic carbocycles. The van der Waals surface area contributed by atoms with E-state index < -0.39 is 23.1 Å². The lowest BCUT2D eigenvalue weighted by Gasteiger charge is -2.11. The zero-order valence-corrected chi connectivity index (χ0v) is 6.77. The zero-order valence-electron chi connectivity index (χ0n) is 6.77. The van der Waals surface area contributed by atoms with Gasteiger partial charge in [-0.2, -0.15) is 0 Å². The molecule has 1 rings (SSSR count). The van der Waals surface area contributed by atoms with Crippen molar-refractivity contribution in [2.75, 3.05) is 0 Å². The maximum absolute atomic E-state index is 10.6. The van der Waals surface area contributed by atoms with E-state index in [1.807, 2.05) is 0 Å². The van der Waals surface area contributed by atoms with Crippen LogP contribution in [0.15, 0.2) is 9.59 Å². The Morgan fingerprint density at radius 1 is 1.33 bits per heavy atom. The van der Waals surface area contributed by atoms with Crippen molar-refractivity contribution in [3.8, 4) is 0 Å². The average molecular weight is 171 g/mol. The molecule has 1 N–H and O–H groups in total. The van der Waals surface area contributed by atoms with Crippen molar-refractivity contribution in [3.63, 3.8) is 0 Å². The molecule has 0 amide bonds. The molecule has 66 valence electrons. The predicted molar refractivity (Wildman–Crippen MR) is 40.9 cm³/mol. The maximum atomic E-state index is 10.6. The van der Waals surface area contributed by atoms with Crippen LogP contribution in [-0.4, -0.2) is 15.6 Å². The third kappa shape index (κ3) is 1.17. The second-order valence-corrected chi connectivity index (χ2v) is 3.01. The van der Waals surface area contributed by atoms with Gasteiger partial charge in [-0.05, 0) is 5.92 Å². The van der Waals surface area contributed by atoms with Gasteiger partial charge >= 0.3 is 17.1 Å². The van der Waals surface area contributed by atoms with Crippen LogP contribution < -0.4 is 11.1 Å². The number of rotatable bonds is 3. The number of aromatic nitrogens is 1. The lowest BCUT2D eigenvalue weighted by atomic mass is 10.1. The first-order valence-electron chi connectivity index (χ1n) is 3.57. The van der Waals surface area contributed by atoms with Gasteiger partial charge in [-0.1, -0.05) is 13.8 Å². The molecule has 5 nitrogen and oxygen atoms in total. The fourth-order valence-electron chi connectivity index (χ4n) is 1.09. The Hall–Kier alpha value is -1.39. The summed E-state index contributed by atoms with van der Waals surface area (Å²) in [7, 11) is 0. The Morgan fingerprint density at radius 3 is 1.83 bits per heavy atom. The summed E-state index contributed by atoms with van der Waals surface area (Å²) >= 11 is 0. The van der Waals surface area contributed by atoms with Crippen molar-refractivity contribution >= 4 is 5.97 Å². The molecule has 0 aliphatic rings. The third-order valence-electron chi connectivity index (χ3n) is 1.73. The lowest BCUT2D eigenvalue weighted by Crippen LogP contribution is -2.23. The summed E-state index contributed by atoms with van der Waals surface area (Å²) < 4.78 is 0.771. The number of hydrogen-bond acceptors (Lipinski definition) is 3. The van der Waals surface area contributed by atoms with Crippen molar-refractivity contribution in [3.05, 3.63) is 20.7 Å². The first-order valence-corrected chi connectivity index (χ1v) is 3.57. The van der Waals surface area contributed by atoms with Crippen LogP contribution in [0.3, 0.4) is 0 Å². The van der Waals surface area contributed by atoms with E-state index in [0.29, 0.717) is 0 Å². The molecule has 1 heterocycles. The highest BCUT2D eigenvalue weighted by Gasteiger charge is 2.33. The van der Waals surface area contributed by atoms with Crippen molar-refractivity contribution < 1.29 is 9.90 Å². The van der Waals surface area contributed by atoms with Gasteiger partial charge in [0.05, 0.1) is 0 Å². The van der Waals surface area contributed by atoms with Gasteiger partial charge in [0.2, 0.25) is 0 Å². The standard InChI is InChI=1S/C7H9NO4/c1-3(2)4(7(11)12)8-5(9)6(8)10/h3-4H,1-2H3,(H,11,12)/t4-/m0/s1. The summed E-state index contributed by atoms with van der Waals surface area (Å²) in [5, 5.41) is 8.64. The topological polar surface area (TPSA) is 76.4 Å². The first kappa shape index (κ1) is 8.70. The van der Waals surface area contributed by atoms with Crippen molar-refractivity contribution in [1.82, 2.24) is 4.57 Å². The monoisotopic (exact) mass is 171 g/mol. The van der Waals surface area contributed by atoms with Crippen LogP contribution in [0.2, 0.25) is 0 Å². The molecule has 5 heteroatoms. The van der Waals surface area contributed by atoms with Crippen LogP contribution in [0.4, 0.5) is 0 Å². The minimum absolute atomic E-state index is 0.252. The molecular formula is C7H9NO4. The largest absolute Gasteiger partial charge is 0.480 e. The van der Waals surface area contributed by atoms with E-state index in [9.17, 15) is 14.4 Å². The maximum Gasteiger partial charge on any atom is 0.327 e. The van der Waals surface area contributed by atoms with E-state index in [2.05, 4.69) is 0 Å². The van der Waals surface area contributed by atoms with Crippen molar-refractivity contribution in [2.24, 2.45) is 5.92 Å². The Morgan fingerprint density at radius 2 is 1.75 bits per heavy atom. The van der Waals surface area contributed by atoms with Gasteiger partial charge in [0.25, 0.3) is 0 Å². The zero-order chi connectivity index (χ0) is 9.46. The molecule has 0 saturated carbocycles. The van der Waals surface area contributed by atoms with Gasteiger partial charge in [-0.25, -0.2) is 4.79 Å². The summed E-state index contributed by atoms with van der Waals surface area (Å²) in [5.41, 5.74) is -1.40. The second kappa shape index (κ2) is 2.58. The van der Waals surface area contributed by atoms with E-state index >= 15 is 0 Å². The molecule has 1 atom stereocenters. The molecule has 1 aromatic rings. The number of nitrogens with zero attached hydrogens (tertiary/aromatic N) is 1. The van der Waals surface area contributed by atoms with Gasteiger partial charge < -0.3 is 5.11 Å². The van der Waals surface area contributed by atoms with Gasteiger partial charge in [0.15, 0.2) is 0 Å². The van der Waals surface area contributed by atoms with E-state index in [1.165, 1.54) is 0 Å². The fourth-order valence-corrected chi connectivity index (χ4v) is 1.09. The van der Waals surface area contributed by atoms with Crippen molar-refractivity contribution in [1.29, 1.82) is 0 Å². The van der Waals surface area contributed by atoms with Crippen LogP contribution >= 0.6 is 0 Å². The van der Waals surface area contributed by atoms with Crippen LogP contribution in [-0.2, 0) is 4.79 Å². The van der Waals surface area contributed by atoms with E-state index in [1.54, 1.807) is 13.8 Å². The van der Waals surface area contributed by atoms with Crippen LogP contribution in [0, 0.1) is 5.92 Å². The fraction of sp³-hybridized carbons (Fsp3) is 0.571. The quantitative estimate of drug-likeness (QED) is 0.614. The first-order chi connectivity index (χ1) is 5.46. The summed E-state index contributed by atoms with van der Waals surface area (Å²) in [6.45, 7) is 3.30. The minimum atomic E-state index is -1.14. The Bertz CT molecular complexity index is 344. The Kier molecular flexibility index (Phi) is 1.87. The third-order valence-corrected chi connectivity index (χ3v) is 1.73. The molecule has 0 unspecified atom stereocenters. The predicted octanol–water partition coefficient (Wildman–Crippen LogP) is -0.634. The highest BCUT2D eigenvalue weighted by molar-refractivity contribution is 5.72. The normalized spacial score (nSPS) is 13.9. The summed E-state index contributed by atoms with van der Waals surface area (Å²) in [5.74, 6) is -1.39. The lowest BCUT2D eigenvalue weighted by molar-refractivity contribution is -0.142. The molecule has 0 saturated heterocycles. The van der Waals surface area contributed by atoms with Crippen LogP contribution in [0.5, 0.6) is 0 Å². The molecule has 0 aliphatic carbocycles. The van der Waals surface area contributed by atoms with Gasteiger partial charge in [-0.3, -0.25) is 14.2 Å². The Balaban J connectivity index is 2.98. The molecule has 0 radical (unpaired) electrons. The molecule has 0 spiro atoms. The van der Waals surface area contributed by atoms with E-state index in [0.717, 1.165) is 4.57 Å². The number of carboxylic acids is 1. The Labute approximate surface area is 67.9 Å². The molecule has 12 heavy (non-hydrogen) atoms. The average Bonchev–Trinajstić information content (AvgIpc) is 2.44. The second-order valence-electron chi connectivity index (χ2n) is 3.01. The minimum Gasteiger partial charge on any atom is -0.480 e. The number of hydrogen-bond donors (Lipinski definition) is 1. The van der Waals surface area contributed by atoms with Crippen LogP contribution in [0.1, 0.15) is 19.9 Å². The number of carbonyl (C=O) groups is 1. The van der Waals surface area contributed by atoms with Crippen LogP contribution in [0.25, 0.3) is 0 Å². The molecule has 0 bridgehead atoms. The van der Waals surface area contributed by atoms with Crippen molar-refractivity contribution in [2.45, 2.75) is 19.9 Å². The van der Waals surface area contributed by atoms with Gasteiger partial charge in [-0.15, -0.1) is 0 Å². The molecule has 1 aromatic heterocycles. The summed E-state index contributed by atoms with van der Waals surface area (Å²) in [6.07, 6.45) is 0. The van der Waals surface area contributed by atoms with Gasteiger partial charge in [0.1, 0.15) is 6.04 Å². The smallest absolute Gasteiger partial charge is 0.327 e. The number of carboxylic acid groups (broad SMARTS) is 1. The molecular weight excluding hydrogens is 162 g/mol. The summed E-state index contributed by atoms with van der Waals surface area (Å²) in [4.78, 5) is 31.7. The highest BCUT2D eigenvalue weighted by Crippen LogP contribution is 2.14. The molecule has 0 fully saturated rings. The van der Waals surface area contributed by atoms with Gasteiger partial charge in [0, 0.05) is 0 Å². The number of aliphatic carboxylic acids is 1.